The molecule has 128 valence electrons. The quantitative estimate of drug-likeness (QED) is 0.796. The SMILES string of the molecule is CC(C)(C)OC(=O)NC(CNC1CCS(=O)(=O)CC1)C1CC1. The minimum atomic E-state index is -2.83. The number of sulfone groups is 1. The molecule has 1 amide bonds. The van der Waals surface area contributed by atoms with Crippen LogP contribution in [0, 0.1) is 5.92 Å². The van der Waals surface area contributed by atoms with Gasteiger partial charge in [0, 0.05) is 18.6 Å². The first-order valence-electron chi connectivity index (χ1n) is 8.08. The molecular formula is C15H28N2O4S. The molecule has 0 aromatic heterocycles. The van der Waals surface area contributed by atoms with Gasteiger partial charge < -0.3 is 15.4 Å². The highest BCUT2D eigenvalue weighted by Gasteiger charge is 2.34. The van der Waals surface area contributed by atoms with Gasteiger partial charge in [0.2, 0.25) is 0 Å². The van der Waals surface area contributed by atoms with E-state index in [9.17, 15) is 13.2 Å². The number of nitrogens with one attached hydrogen (secondary N) is 2. The summed E-state index contributed by atoms with van der Waals surface area (Å²) in [6.07, 6.45) is 3.19. The van der Waals surface area contributed by atoms with E-state index in [-0.39, 0.29) is 29.7 Å². The van der Waals surface area contributed by atoms with Crippen molar-refractivity contribution in [2.24, 2.45) is 5.92 Å². The van der Waals surface area contributed by atoms with Crippen LogP contribution in [-0.4, -0.2) is 50.2 Å². The molecule has 0 aromatic carbocycles. The van der Waals surface area contributed by atoms with Gasteiger partial charge in [0.05, 0.1) is 11.5 Å². The molecule has 1 atom stereocenters. The van der Waals surface area contributed by atoms with Crippen molar-refractivity contribution < 1.29 is 17.9 Å². The molecule has 2 rings (SSSR count). The van der Waals surface area contributed by atoms with Crippen LogP contribution >= 0.6 is 0 Å². The summed E-state index contributed by atoms with van der Waals surface area (Å²) in [5.74, 6) is 1.03. The first-order valence-corrected chi connectivity index (χ1v) is 9.90. The maximum Gasteiger partial charge on any atom is 0.407 e. The minimum Gasteiger partial charge on any atom is -0.444 e. The van der Waals surface area contributed by atoms with E-state index >= 15 is 0 Å². The van der Waals surface area contributed by atoms with Crippen molar-refractivity contribution in [2.75, 3.05) is 18.1 Å². The molecule has 6 nitrogen and oxygen atoms in total. The Morgan fingerprint density at radius 1 is 1.18 bits per heavy atom. The van der Waals surface area contributed by atoms with Crippen molar-refractivity contribution in [1.29, 1.82) is 0 Å². The summed E-state index contributed by atoms with van der Waals surface area (Å²) in [6.45, 7) is 6.22. The van der Waals surface area contributed by atoms with Gasteiger partial charge in [-0.05, 0) is 52.4 Å². The van der Waals surface area contributed by atoms with E-state index < -0.39 is 15.4 Å². The van der Waals surface area contributed by atoms with Crippen LogP contribution in [0.4, 0.5) is 4.79 Å². The van der Waals surface area contributed by atoms with Crippen LogP contribution in [0.1, 0.15) is 46.5 Å². The number of carbonyl (C=O) groups excluding carboxylic acids is 1. The summed E-state index contributed by atoms with van der Waals surface area (Å²) in [5.41, 5.74) is -0.497. The lowest BCUT2D eigenvalue weighted by atomic mass is 10.1. The van der Waals surface area contributed by atoms with E-state index in [0.29, 0.717) is 25.3 Å². The smallest absolute Gasteiger partial charge is 0.407 e. The standard InChI is InChI=1S/C15H28N2O4S/c1-15(2,3)21-14(18)17-13(11-4-5-11)10-16-12-6-8-22(19,20)9-7-12/h11-13,16H,4-10H2,1-3H3,(H,17,18). The van der Waals surface area contributed by atoms with Gasteiger partial charge in [-0.2, -0.15) is 0 Å². The zero-order valence-corrected chi connectivity index (χ0v) is 14.5. The Balaban J connectivity index is 1.77. The van der Waals surface area contributed by atoms with E-state index in [1.165, 1.54) is 0 Å². The van der Waals surface area contributed by atoms with Crippen LogP contribution in [0.5, 0.6) is 0 Å². The van der Waals surface area contributed by atoms with Gasteiger partial charge in [-0.1, -0.05) is 0 Å². The Morgan fingerprint density at radius 3 is 2.27 bits per heavy atom. The molecule has 0 spiro atoms. The van der Waals surface area contributed by atoms with E-state index in [1.807, 2.05) is 20.8 Å². The van der Waals surface area contributed by atoms with Gasteiger partial charge >= 0.3 is 6.09 Å². The summed E-state index contributed by atoms with van der Waals surface area (Å²) in [6, 6.07) is 0.290. The van der Waals surface area contributed by atoms with Crippen LogP contribution in [-0.2, 0) is 14.6 Å². The highest BCUT2D eigenvalue weighted by molar-refractivity contribution is 7.91. The molecule has 1 heterocycles. The normalized spacial score (nSPS) is 23.8. The second-order valence-corrected chi connectivity index (χ2v) is 9.73. The van der Waals surface area contributed by atoms with Crippen molar-refractivity contribution in [2.45, 2.75) is 64.1 Å². The number of hydrogen-bond acceptors (Lipinski definition) is 5. The summed E-state index contributed by atoms with van der Waals surface area (Å²) in [5, 5.41) is 6.36. The summed E-state index contributed by atoms with van der Waals surface area (Å²) in [7, 11) is -2.83. The van der Waals surface area contributed by atoms with Crippen molar-refractivity contribution in [3.8, 4) is 0 Å². The third-order valence-electron chi connectivity index (χ3n) is 4.07. The Morgan fingerprint density at radius 2 is 1.77 bits per heavy atom. The zero-order valence-electron chi connectivity index (χ0n) is 13.7. The highest BCUT2D eigenvalue weighted by atomic mass is 32.2. The molecule has 0 aromatic rings. The van der Waals surface area contributed by atoms with E-state index in [1.54, 1.807) is 0 Å². The van der Waals surface area contributed by atoms with Crippen molar-refractivity contribution in [1.82, 2.24) is 10.6 Å². The van der Waals surface area contributed by atoms with Crippen LogP contribution < -0.4 is 10.6 Å². The number of amides is 1. The average molecular weight is 332 g/mol. The lowest BCUT2D eigenvalue weighted by molar-refractivity contribution is 0.0496. The fourth-order valence-corrected chi connectivity index (χ4v) is 4.17. The van der Waals surface area contributed by atoms with Gasteiger partial charge in [0.1, 0.15) is 15.4 Å². The van der Waals surface area contributed by atoms with Crippen LogP contribution in [0.15, 0.2) is 0 Å². The van der Waals surface area contributed by atoms with Crippen molar-refractivity contribution >= 4 is 15.9 Å². The predicted octanol–water partition coefficient (Wildman–Crippen LogP) is 1.46. The van der Waals surface area contributed by atoms with Crippen molar-refractivity contribution in [3.05, 3.63) is 0 Å². The molecule has 1 aliphatic heterocycles. The maximum atomic E-state index is 11.9. The van der Waals surface area contributed by atoms with Gasteiger partial charge in [0.15, 0.2) is 0 Å². The third kappa shape index (κ3) is 6.12. The van der Waals surface area contributed by atoms with Crippen molar-refractivity contribution in [3.63, 3.8) is 0 Å². The first kappa shape index (κ1) is 17.5. The summed E-state index contributed by atoms with van der Waals surface area (Å²) in [4.78, 5) is 11.9. The van der Waals surface area contributed by atoms with E-state index in [0.717, 1.165) is 12.8 Å². The minimum absolute atomic E-state index is 0.0633. The second kappa shape index (κ2) is 6.74. The molecule has 1 saturated carbocycles. The lowest BCUT2D eigenvalue weighted by Crippen LogP contribution is -2.48. The Bertz CT molecular complexity index is 480. The molecule has 2 N–H and O–H groups in total. The number of ether oxygens (including phenoxy) is 1. The van der Waals surface area contributed by atoms with Crippen LogP contribution in [0.25, 0.3) is 0 Å². The predicted molar refractivity (Wildman–Crippen MR) is 85.6 cm³/mol. The molecule has 1 saturated heterocycles. The Labute approximate surface area is 133 Å². The van der Waals surface area contributed by atoms with Gasteiger partial charge in [-0.15, -0.1) is 0 Å². The fraction of sp³-hybridized carbons (Fsp3) is 0.933. The number of hydrogen-bond donors (Lipinski definition) is 2. The molecule has 1 aliphatic carbocycles. The fourth-order valence-electron chi connectivity index (χ4n) is 2.68. The molecule has 0 bridgehead atoms. The summed E-state index contributed by atoms with van der Waals surface area (Å²) < 4.78 is 28.2. The molecule has 2 fully saturated rings. The summed E-state index contributed by atoms with van der Waals surface area (Å²) >= 11 is 0. The molecular weight excluding hydrogens is 304 g/mol. The average Bonchev–Trinajstić information content (AvgIpc) is 3.17. The second-order valence-electron chi connectivity index (χ2n) is 7.42. The van der Waals surface area contributed by atoms with E-state index in [4.69, 9.17) is 4.74 Å². The highest BCUT2D eigenvalue weighted by Crippen LogP contribution is 2.32. The number of rotatable bonds is 5. The molecule has 1 unspecified atom stereocenters. The molecule has 2 aliphatic rings. The Kier molecular flexibility index (Phi) is 5.37. The first-order chi connectivity index (χ1) is 10.1. The van der Waals surface area contributed by atoms with Gasteiger partial charge in [-0.25, -0.2) is 13.2 Å². The maximum absolute atomic E-state index is 11.9. The molecule has 0 radical (unpaired) electrons. The topological polar surface area (TPSA) is 84.5 Å². The zero-order chi connectivity index (χ0) is 16.4. The van der Waals surface area contributed by atoms with Gasteiger partial charge in [0.25, 0.3) is 0 Å². The molecule has 7 heteroatoms. The monoisotopic (exact) mass is 332 g/mol. The molecule has 22 heavy (non-hydrogen) atoms. The van der Waals surface area contributed by atoms with E-state index in [2.05, 4.69) is 10.6 Å². The Hall–Kier alpha value is -0.820. The number of carbonyl (C=O) groups is 1. The number of alkyl carbamates (subject to hydrolysis) is 1. The lowest BCUT2D eigenvalue weighted by Gasteiger charge is -2.27. The van der Waals surface area contributed by atoms with Gasteiger partial charge in [-0.3, -0.25) is 0 Å². The largest absolute Gasteiger partial charge is 0.444 e. The third-order valence-corrected chi connectivity index (χ3v) is 5.79. The van der Waals surface area contributed by atoms with Crippen LogP contribution in [0.2, 0.25) is 0 Å². The van der Waals surface area contributed by atoms with Crippen LogP contribution in [0.3, 0.4) is 0 Å².